The largest absolute Gasteiger partial charge is 0.355 e. The van der Waals surface area contributed by atoms with Crippen LogP contribution in [0.5, 0.6) is 0 Å². The number of imidazole rings is 1. The maximum Gasteiger partial charge on any atom is 0.207 e. The summed E-state index contributed by atoms with van der Waals surface area (Å²) in [4.78, 5) is 4.29. The van der Waals surface area contributed by atoms with Gasteiger partial charge in [-0.2, -0.15) is 0 Å². The van der Waals surface area contributed by atoms with Gasteiger partial charge in [0.25, 0.3) is 0 Å². The molecule has 5 heteroatoms. The monoisotopic (exact) mass is 283 g/mol. The third-order valence-corrected chi connectivity index (χ3v) is 3.45. The lowest BCUT2D eigenvalue weighted by atomic mass is 10.3. The Labute approximate surface area is 117 Å². The minimum Gasteiger partial charge on any atom is -0.355 e. The first-order valence-electron chi connectivity index (χ1n) is 5.95. The van der Waals surface area contributed by atoms with Crippen molar-refractivity contribution >= 4 is 29.2 Å². The zero-order chi connectivity index (χ0) is 13.0. The van der Waals surface area contributed by atoms with Gasteiger partial charge in [-0.1, -0.05) is 42.6 Å². The van der Waals surface area contributed by atoms with E-state index in [9.17, 15) is 0 Å². The smallest absolute Gasteiger partial charge is 0.207 e. The van der Waals surface area contributed by atoms with Gasteiger partial charge in [-0.25, -0.2) is 4.98 Å². The highest BCUT2D eigenvalue weighted by molar-refractivity contribution is 6.43. The zero-order valence-electron chi connectivity index (χ0n) is 10.2. The summed E-state index contributed by atoms with van der Waals surface area (Å²) in [7, 11) is 0. The molecular formula is C13H15Cl2N3. The van der Waals surface area contributed by atoms with Gasteiger partial charge in [0.05, 0.1) is 15.7 Å². The quantitative estimate of drug-likeness (QED) is 0.825. The van der Waals surface area contributed by atoms with Gasteiger partial charge in [0.1, 0.15) is 0 Å². The lowest BCUT2D eigenvalue weighted by Crippen LogP contribution is -2.07. The Morgan fingerprint density at radius 3 is 2.94 bits per heavy atom. The van der Waals surface area contributed by atoms with E-state index in [-0.39, 0.29) is 0 Å². The number of halogens is 2. The van der Waals surface area contributed by atoms with E-state index >= 15 is 0 Å². The second kappa shape index (κ2) is 6.12. The lowest BCUT2D eigenvalue weighted by molar-refractivity contribution is 0.823. The van der Waals surface area contributed by atoms with Crippen LogP contribution in [0, 0.1) is 0 Å². The summed E-state index contributed by atoms with van der Waals surface area (Å²) < 4.78 is 1.91. The molecule has 3 nitrogen and oxygen atoms in total. The van der Waals surface area contributed by atoms with Gasteiger partial charge in [0, 0.05) is 18.9 Å². The Hall–Kier alpha value is -1.19. The third-order valence-electron chi connectivity index (χ3n) is 2.64. The topological polar surface area (TPSA) is 29.9 Å². The second-order valence-electron chi connectivity index (χ2n) is 3.97. The summed E-state index contributed by atoms with van der Waals surface area (Å²) in [5.41, 5.74) is 0.834. The van der Waals surface area contributed by atoms with Crippen molar-refractivity contribution in [1.82, 2.24) is 9.55 Å². The summed E-state index contributed by atoms with van der Waals surface area (Å²) in [5.74, 6) is 0.785. The second-order valence-corrected chi connectivity index (χ2v) is 4.76. The van der Waals surface area contributed by atoms with Crippen molar-refractivity contribution in [3.05, 3.63) is 40.6 Å². The van der Waals surface area contributed by atoms with Gasteiger partial charge in [-0.3, -0.25) is 4.57 Å². The molecule has 96 valence electrons. The van der Waals surface area contributed by atoms with Gasteiger partial charge >= 0.3 is 0 Å². The summed E-state index contributed by atoms with van der Waals surface area (Å²) in [6.45, 7) is 3.05. The molecule has 2 aromatic rings. The normalized spacial score (nSPS) is 10.6. The number of anilines is 1. The molecule has 0 aliphatic carbocycles. The third kappa shape index (κ3) is 2.79. The van der Waals surface area contributed by atoms with E-state index in [1.165, 1.54) is 0 Å². The van der Waals surface area contributed by atoms with E-state index in [2.05, 4.69) is 17.2 Å². The number of aromatic nitrogens is 2. The molecule has 0 radical (unpaired) electrons. The minimum atomic E-state index is 0.538. The molecule has 2 rings (SSSR count). The van der Waals surface area contributed by atoms with Crippen LogP contribution >= 0.6 is 23.2 Å². The average molecular weight is 284 g/mol. The fourth-order valence-corrected chi connectivity index (χ4v) is 2.07. The fourth-order valence-electron chi connectivity index (χ4n) is 1.68. The molecular weight excluding hydrogens is 269 g/mol. The van der Waals surface area contributed by atoms with Crippen molar-refractivity contribution < 1.29 is 0 Å². The average Bonchev–Trinajstić information content (AvgIpc) is 2.81. The Morgan fingerprint density at radius 1 is 1.33 bits per heavy atom. The molecule has 0 spiro atoms. The Kier molecular flexibility index (Phi) is 4.50. The number of hydrogen-bond acceptors (Lipinski definition) is 2. The van der Waals surface area contributed by atoms with E-state index in [1.807, 2.05) is 22.9 Å². The van der Waals surface area contributed by atoms with Gasteiger partial charge in [0.2, 0.25) is 5.95 Å². The molecule has 1 N–H and O–H groups in total. The van der Waals surface area contributed by atoms with Crippen LogP contribution < -0.4 is 5.32 Å². The predicted octanol–water partition coefficient (Wildman–Crippen LogP) is 4.39. The first kappa shape index (κ1) is 13.2. The highest BCUT2D eigenvalue weighted by atomic mass is 35.5. The Bertz CT molecular complexity index is 523. The minimum absolute atomic E-state index is 0.538. The number of hydrogen-bond donors (Lipinski definition) is 1. The van der Waals surface area contributed by atoms with Crippen molar-refractivity contribution in [2.24, 2.45) is 0 Å². The van der Waals surface area contributed by atoms with E-state index in [0.717, 1.165) is 31.0 Å². The van der Waals surface area contributed by atoms with Crippen LogP contribution in [0.1, 0.15) is 19.8 Å². The van der Waals surface area contributed by atoms with Crippen molar-refractivity contribution in [3.63, 3.8) is 0 Å². The van der Waals surface area contributed by atoms with Crippen molar-refractivity contribution in [1.29, 1.82) is 0 Å². The van der Waals surface area contributed by atoms with E-state index < -0.39 is 0 Å². The van der Waals surface area contributed by atoms with Crippen molar-refractivity contribution in [2.75, 3.05) is 11.9 Å². The predicted molar refractivity (Wildman–Crippen MR) is 77.0 cm³/mol. The van der Waals surface area contributed by atoms with Crippen LogP contribution in [0.4, 0.5) is 5.95 Å². The molecule has 0 atom stereocenters. The van der Waals surface area contributed by atoms with E-state index in [1.54, 1.807) is 12.3 Å². The number of rotatable bonds is 5. The van der Waals surface area contributed by atoms with Gasteiger partial charge in [-0.15, -0.1) is 0 Å². The van der Waals surface area contributed by atoms with Crippen LogP contribution in [0.15, 0.2) is 30.6 Å². The molecule has 0 aliphatic heterocycles. The molecule has 1 heterocycles. The Morgan fingerprint density at radius 2 is 2.17 bits per heavy atom. The molecule has 0 saturated carbocycles. The van der Waals surface area contributed by atoms with E-state index in [4.69, 9.17) is 23.2 Å². The highest BCUT2D eigenvalue weighted by Crippen LogP contribution is 2.29. The van der Waals surface area contributed by atoms with Crippen LogP contribution in [-0.4, -0.2) is 16.1 Å². The molecule has 0 bridgehead atoms. The molecule has 18 heavy (non-hydrogen) atoms. The van der Waals surface area contributed by atoms with Crippen molar-refractivity contribution in [3.8, 4) is 5.69 Å². The van der Waals surface area contributed by atoms with Gasteiger partial charge in [0.15, 0.2) is 0 Å². The van der Waals surface area contributed by atoms with Crippen LogP contribution in [0.2, 0.25) is 10.0 Å². The lowest BCUT2D eigenvalue weighted by Gasteiger charge is -2.11. The van der Waals surface area contributed by atoms with Gasteiger partial charge < -0.3 is 5.32 Å². The zero-order valence-corrected chi connectivity index (χ0v) is 11.7. The first-order valence-corrected chi connectivity index (χ1v) is 6.71. The maximum atomic E-state index is 6.21. The van der Waals surface area contributed by atoms with Crippen LogP contribution in [0.25, 0.3) is 5.69 Å². The number of benzene rings is 1. The highest BCUT2D eigenvalue weighted by Gasteiger charge is 2.09. The SMILES string of the molecule is CCCCNc1nccn1-c1cccc(Cl)c1Cl. The fraction of sp³-hybridized carbons (Fsp3) is 0.308. The molecule has 0 unspecified atom stereocenters. The van der Waals surface area contributed by atoms with Crippen molar-refractivity contribution in [2.45, 2.75) is 19.8 Å². The standard InChI is InChI=1S/C13H15Cl2N3/c1-2-3-7-16-13-17-8-9-18(13)11-6-4-5-10(14)12(11)15/h4-6,8-9H,2-3,7H2,1H3,(H,16,17). The molecule has 1 aromatic heterocycles. The van der Waals surface area contributed by atoms with Crippen LogP contribution in [-0.2, 0) is 0 Å². The van der Waals surface area contributed by atoms with E-state index in [0.29, 0.717) is 10.0 Å². The molecule has 1 aromatic carbocycles. The Balaban J connectivity index is 2.28. The summed E-state index contributed by atoms with van der Waals surface area (Å²) in [6.07, 6.45) is 5.86. The maximum absolute atomic E-state index is 6.21. The van der Waals surface area contributed by atoms with Crippen LogP contribution in [0.3, 0.4) is 0 Å². The summed E-state index contributed by atoms with van der Waals surface area (Å²) in [6, 6.07) is 5.56. The summed E-state index contributed by atoms with van der Waals surface area (Å²) in [5, 5.41) is 4.37. The first-order chi connectivity index (χ1) is 8.74. The molecule has 0 aliphatic rings. The summed E-state index contributed by atoms with van der Waals surface area (Å²) >= 11 is 12.2. The molecule has 0 amide bonds. The molecule has 0 fully saturated rings. The van der Waals surface area contributed by atoms with Gasteiger partial charge in [-0.05, 0) is 18.6 Å². The molecule has 0 saturated heterocycles. The number of unbranched alkanes of at least 4 members (excludes halogenated alkanes) is 1. The number of nitrogens with zero attached hydrogens (tertiary/aromatic N) is 2. The number of nitrogens with one attached hydrogen (secondary N) is 1.